The zero-order chi connectivity index (χ0) is 74.0. The molecule has 23 nitrogen and oxygen atoms in total. The van der Waals surface area contributed by atoms with Gasteiger partial charge in [0.25, 0.3) is 0 Å². The van der Waals surface area contributed by atoms with Crippen molar-refractivity contribution in [2.24, 2.45) is 0 Å². The number of nitriles is 3. The molecular formula is C83H79N13O10. The van der Waals surface area contributed by atoms with Crippen LogP contribution in [-0.4, -0.2) is 164 Å². The number of aliphatic hydroxyl groups is 3. The number of anilines is 1. The standard InChI is InChI=1S/C29H29N5O4.C29H28N4O4.C25H22N4O2/c1-29(2,37)26-6-4-19(16-32-26)24-14-22-23(33-24)7-10-31-28(22)18-3-5-25(20(13-18)15-30)38-21-8-11-34(12-9-21)27(36)17-35;1-18-13-22(36-2)4-5-23(18)26-15-24-25(32-26)7-10-31-29(24)19-3-6-27(20(14-19)16-30)37-21-8-11-33(12-9-21)28(35)17-34;1-30-24-7-2-17(16-26)14-21(24)25-20-15-23(28-22(20)8-9-27-25)18-3-5-19(6-4-18)29-10-12-31-13-11-29/h3-7,10,13-14,16,21,33,35,37H,8-9,11-12,17H2,1-2H3;3-7,10,13-15,21,32,34H,8-9,11-12,17H2,1-2H3;2-9,14-15,28H,10-13H2,1H3. The number of fused-ring (bicyclic) bond motifs is 3. The molecule has 3 fully saturated rings. The van der Waals surface area contributed by atoms with Gasteiger partial charge in [0, 0.05) is 173 Å². The molecule has 3 aliphatic rings. The monoisotopic (exact) mass is 1420 g/mol. The molecule has 0 saturated carbocycles. The summed E-state index contributed by atoms with van der Waals surface area (Å²) in [6.45, 7) is 9.96. The number of aromatic amines is 3. The second-order valence-electron chi connectivity index (χ2n) is 26.6. The number of hydrogen-bond acceptors (Lipinski definition) is 18. The maximum absolute atomic E-state index is 11.7. The Hall–Kier alpha value is -12.4. The summed E-state index contributed by atoms with van der Waals surface area (Å²) < 4.78 is 28.6. The fraction of sp³-hybridized carbons (Fsp3) is 0.265. The molecule has 5 aromatic carbocycles. The molecule has 2 amide bonds. The van der Waals surface area contributed by atoms with Crippen LogP contribution in [0.15, 0.2) is 170 Å². The van der Waals surface area contributed by atoms with Gasteiger partial charge in [-0.25, -0.2) is 0 Å². The quantitative estimate of drug-likeness (QED) is 0.0523. The molecule has 23 heteroatoms. The molecule has 0 bridgehead atoms. The second kappa shape index (κ2) is 32.1. The highest BCUT2D eigenvalue weighted by Crippen LogP contribution is 2.40. The van der Waals surface area contributed by atoms with Crippen molar-refractivity contribution in [2.45, 2.75) is 64.3 Å². The summed E-state index contributed by atoms with van der Waals surface area (Å²) in [6.07, 6.45) is 9.36. The highest BCUT2D eigenvalue weighted by Gasteiger charge is 2.28. The minimum Gasteiger partial charge on any atom is -0.497 e. The van der Waals surface area contributed by atoms with E-state index < -0.39 is 18.8 Å². The van der Waals surface area contributed by atoms with E-state index in [0.29, 0.717) is 91.5 Å². The van der Waals surface area contributed by atoms with E-state index >= 15 is 0 Å². The number of amides is 2. The third-order valence-corrected chi connectivity index (χ3v) is 19.4. The number of hydrogen-bond donors (Lipinski definition) is 6. The van der Waals surface area contributed by atoms with E-state index in [9.17, 15) is 30.5 Å². The number of aliphatic hydroxyl groups excluding tert-OH is 2. The Kier molecular flexibility index (Phi) is 21.8. The molecule has 3 aliphatic heterocycles. The van der Waals surface area contributed by atoms with Gasteiger partial charge in [0.1, 0.15) is 66.2 Å². The maximum atomic E-state index is 11.7. The highest BCUT2D eigenvalue weighted by atomic mass is 16.5. The van der Waals surface area contributed by atoms with Crippen molar-refractivity contribution >= 4 is 50.2 Å². The Morgan fingerprint density at radius 1 is 0.528 bits per heavy atom. The number of likely N-dealkylation sites (tertiary alicyclic amines) is 2. The van der Waals surface area contributed by atoms with Crippen molar-refractivity contribution in [1.82, 2.24) is 44.7 Å². The summed E-state index contributed by atoms with van der Waals surface area (Å²) in [6, 6.07) is 53.4. The number of aromatic nitrogens is 7. The zero-order valence-electron chi connectivity index (χ0n) is 59.4. The van der Waals surface area contributed by atoms with Crippen molar-refractivity contribution in [2.75, 3.05) is 84.8 Å². The minimum absolute atomic E-state index is 0.0952. The van der Waals surface area contributed by atoms with E-state index in [1.54, 1.807) is 80.9 Å². The van der Waals surface area contributed by atoms with Gasteiger partial charge < -0.3 is 68.7 Å². The van der Waals surface area contributed by atoms with Gasteiger partial charge in [-0.2, -0.15) is 15.8 Å². The van der Waals surface area contributed by atoms with E-state index in [4.69, 9.17) is 33.9 Å². The predicted molar refractivity (Wildman–Crippen MR) is 404 cm³/mol. The molecule has 0 atom stereocenters. The van der Waals surface area contributed by atoms with Crippen LogP contribution in [-0.2, 0) is 19.9 Å². The second-order valence-corrected chi connectivity index (χ2v) is 26.6. The van der Waals surface area contributed by atoms with Gasteiger partial charge in [0.05, 0.1) is 73.0 Å². The molecule has 0 radical (unpaired) electrons. The van der Waals surface area contributed by atoms with Gasteiger partial charge in [0.2, 0.25) is 11.8 Å². The lowest BCUT2D eigenvalue weighted by Gasteiger charge is -2.32. The van der Waals surface area contributed by atoms with Crippen LogP contribution in [0.25, 0.3) is 100 Å². The number of H-pyrrole nitrogens is 3. The number of nitrogens with one attached hydrogen (secondary N) is 3. The molecule has 15 rings (SSSR count). The third kappa shape index (κ3) is 15.9. The number of ether oxygens (including phenoxy) is 5. The highest BCUT2D eigenvalue weighted by molar-refractivity contribution is 5.99. The van der Waals surface area contributed by atoms with Crippen LogP contribution < -0.4 is 23.8 Å². The van der Waals surface area contributed by atoms with Gasteiger partial charge in [-0.05, 0) is 165 Å². The first kappa shape index (κ1) is 71.9. The molecule has 106 heavy (non-hydrogen) atoms. The normalized spacial score (nSPS) is 14.1. The van der Waals surface area contributed by atoms with Gasteiger partial charge >= 0.3 is 0 Å². The smallest absolute Gasteiger partial charge is 0.248 e. The predicted octanol–water partition coefficient (Wildman–Crippen LogP) is 12.8. The van der Waals surface area contributed by atoms with Crippen LogP contribution in [0.3, 0.4) is 0 Å². The van der Waals surface area contributed by atoms with Crippen molar-refractivity contribution in [3.8, 4) is 109 Å². The average molecular weight is 1420 g/mol. The number of benzene rings is 5. The maximum Gasteiger partial charge on any atom is 0.248 e. The van der Waals surface area contributed by atoms with Crippen molar-refractivity contribution in [1.29, 1.82) is 15.8 Å². The van der Waals surface area contributed by atoms with E-state index in [-0.39, 0.29) is 24.0 Å². The first-order valence-corrected chi connectivity index (χ1v) is 35.0. The number of pyridine rings is 4. The number of morpholine rings is 1. The van der Waals surface area contributed by atoms with Crippen LogP contribution in [0.2, 0.25) is 0 Å². The molecule has 7 aromatic heterocycles. The summed E-state index contributed by atoms with van der Waals surface area (Å²) in [5.41, 5.74) is 16.8. The minimum atomic E-state index is -1.01. The van der Waals surface area contributed by atoms with Crippen molar-refractivity contribution in [3.63, 3.8) is 0 Å². The van der Waals surface area contributed by atoms with E-state index in [1.165, 1.54) is 5.69 Å². The molecule has 10 heterocycles. The van der Waals surface area contributed by atoms with Crippen LogP contribution in [0.5, 0.6) is 23.0 Å². The van der Waals surface area contributed by atoms with Crippen molar-refractivity contribution < 1.29 is 48.6 Å². The third-order valence-electron chi connectivity index (χ3n) is 19.4. The summed E-state index contributed by atoms with van der Waals surface area (Å²) >= 11 is 0. The topological polar surface area (TPSA) is 321 Å². The Bertz CT molecular complexity index is 5310. The van der Waals surface area contributed by atoms with Crippen LogP contribution in [0.1, 0.15) is 67.5 Å². The van der Waals surface area contributed by atoms with E-state index in [2.05, 4.69) is 101 Å². The molecule has 536 valence electrons. The summed E-state index contributed by atoms with van der Waals surface area (Å²) in [5.74, 6) is 1.99. The Morgan fingerprint density at radius 3 is 1.50 bits per heavy atom. The van der Waals surface area contributed by atoms with Gasteiger partial charge in [-0.3, -0.25) is 29.5 Å². The molecule has 0 aliphatic carbocycles. The lowest BCUT2D eigenvalue weighted by Crippen LogP contribution is -2.42. The number of rotatable bonds is 16. The summed E-state index contributed by atoms with van der Waals surface area (Å²) in [4.78, 5) is 57.7. The van der Waals surface area contributed by atoms with E-state index in [1.807, 2.05) is 91.0 Å². The molecule has 0 unspecified atom stereocenters. The lowest BCUT2D eigenvalue weighted by molar-refractivity contribution is -0.136. The SMILES string of the molecule is CC(C)(O)c1ccc(-c2cc3c(-c4ccc(OC5CCN(C(=O)CO)CC5)c(C#N)c4)nccc3[nH]2)cn1.COc1ccc(-c2cc3c(-c4ccc(OC5CCN(C(=O)CO)CC5)c(C#N)c4)nccc3[nH]2)c(C)c1.COc1ccc(C#N)cc1-c1nccc2[nH]c(-c3ccc(N4CCOCC4)cc3)cc12. The Morgan fingerprint density at radius 2 is 1.02 bits per heavy atom. The number of carbonyl (C=O) groups excluding carboxylic acids is 2. The van der Waals surface area contributed by atoms with Gasteiger partial charge in [0.15, 0.2) is 0 Å². The average Bonchev–Trinajstić information content (AvgIpc) is 1.79. The van der Waals surface area contributed by atoms with E-state index in [0.717, 1.165) is 138 Å². The fourth-order valence-electron chi connectivity index (χ4n) is 13.6. The van der Waals surface area contributed by atoms with Gasteiger partial charge in [-0.15, -0.1) is 0 Å². The van der Waals surface area contributed by atoms with Crippen LogP contribution in [0, 0.1) is 40.9 Å². The molecule has 0 spiro atoms. The molecule has 6 N–H and O–H groups in total. The van der Waals surface area contributed by atoms with Crippen molar-refractivity contribution in [3.05, 3.63) is 198 Å². The zero-order valence-corrected chi connectivity index (χ0v) is 59.4. The number of carbonyl (C=O) groups is 2. The number of methoxy groups -OCH3 is 2. The molecular weight excluding hydrogens is 1340 g/mol. The Labute approximate surface area is 612 Å². The summed E-state index contributed by atoms with van der Waals surface area (Å²) in [7, 11) is 3.29. The first-order chi connectivity index (χ1) is 51.5. The first-order valence-electron chi connectivity index (χ1n) is 35.0. The number of aryl methyl sites for hydroxylation is 1. The lowest BCUT2D eigenvalue weighted by atomic mass is 10.0. The summed E-state index contributed by atoms with van der Waals surface area (Å²) in [5, 5.41) is 60.2. The molecule has 12 aromatic rings. The fourth-order valence-corrected chi connectivity index (χ4v) is 13.6. The largest absolute Gasteiger partial charge is 0.497 e. The molecule has 3 saturated heterocycles. The van der Waals surface area contributed by atoms with Crippen LogP contribution in [0.4, 0.5) is 5.69 Å². The van der Waals surface area contributed by atoms with Crippen LogP contribution >= 0.6 is 0 Å². The Balaban J connectivity index is 0.000000141. The number of piperidine rings is 2. The number of nitrogens with zero attached hydrogens (tertiary/aromatic N) is 10. The van der Waals surface area contributed by atoms with Gasteiger partial charge in [-0.1, -0.05) is 12.1 Å².